The maximum atomic E-state index is 9.25. The summed E-state index contributed by atoms with van der Waals surface area (Å²) in [5, 5.41) is 25.0. The van der Waals surface area contributed by atoms with Crippen LogP contribution in [0.5, 0.6) is 0 Å². The number of nitrogens with zero attached hydrogens (tertiary/aromatic N) is 4. The summed E-state index contributed by atoms with van der Waals surface area (Å²) in [7, 11) is 0. The summed E-state index contributed by atoms with van der Waals surface area (Å²) in [5.74, 6) is 1.51. The summed E-state index contributed by atoms with van der Waals surface area (Å²) in [6.45, 7) is 4.03. The number of anilines is 1. The summed E-state index contributed by atoms with van der Waals surface area (Å²) >= 11 is 1.63. The van der Waals surface area contributed by atoms with Crippen LogP contribution in [0.25, 0.3) is 5.65 Å². The molecule has 2 aromatic heterocycles. The number of aromatic nitrogens is 4. The Labute approximate surface area is 110 Å². The Morgan fingerprint density at radius 3 is 2.89 bits per heavy atom. The van der Waals surface area contributed by atoms with Gasteiger partial charge >= 0.3 is 0 Å². The van der Waals surface area contributed by atoms with E-state index in [1.54, 1.807) is 16.3 Å². The highest BCUT2D eigenvalue weighted by Crippen LogP contribution is 2.15. The van der Waals surface area contributed by atoms with Gasteiger partial charge in [0, 0.05) is 11.3 Å². The van der Waals surface area contributed by atoms with E-state index in [1.165, 1.54) is 0 Å². The van der Waals surface area contributed by atoms with Crippen molar-refractivity contribution in [2.75, 3.05) is 18.2 Å². The Hall–Kier alpha value is -1.34. The fraction of sp³-hybridized carbons (Fsp3) is 0.545. The van der Waals surface area contributed by atoms with Crippen molar-refractivity contribution in [3.05, 3.63) is 18.0 Å². The lowest BCUT2D eigenvalue weighted by Crippen LogP contribution is -2.31. The van der Waals surface area contributed by atoms with Crippen molar-refractivity contribution in [3.8, 4) is 0 Å². The van der Waals surface area contributed by atoms with Crippen LogP contribution in [0.2, 0.25) is 0 Å². The first-order valence-electron chi connectivity index (χ1n) is 5.75. The van der Waals surface area contributed by atoms with Crippen molar-refractivity contribution in [1.82, 2.24) is 19.8 Å². The molecule has 0 saturated carbocycles. The molecule has 2 unspecified atom stereocenters. The molecule has 0 spiro atoms. The molecule has 2 N–H and O–H groups in total. The highest BCUT2D eigenvalue weighted by Gasteiger charge is 2.15. The molecule has 0 radical (unpaired) electrons. The van der Waals surface area contributed by atoms with Gasteiger partial charge in [0.1, 0.15) is 5.82 Å². The Balaban J connectivity index is 2.18. The molecule has 7 heteroatoms. The van der Waals surface area contributed by atoms with E-state index in [4.69, 9.17) is 0 Å². The molecule has 0 amide bonds. The first kappa shape index (κ1) is 13.1. The number of thioether (sulfide) groups is 1. The fourth-order valence-corrected chi connectivity index (χ4v) is 2.36. The van der Waals surface area contributed by atoms with Crippen LogP contribution >= 0.6 is 11.8 Å². The van der Waals surface area contributed by atoms with Gasteiger partial charge < -0.3 is 10.4 Å². The average molecular weight is 267 g/mol. The van der Waals surface area contributed by atoms with Crippen molar-refractivity contribution in [2.45, 2.75) is 25.1 Å². The minimum atomic E-state index is 0.131. The number of nitrogens with one attached hydrogen (secondary N) is 1. The molecule has 2 heterocycles. The lowest BCUT2D eigenvalue weighted by Gasteiger charge is -2.21. The molecule has 0 aliphatic carbocycles. The molecule has 2 rings (SSSR count). The molecule has 0 fully saturated rings. The van der Waals surface area contributed by atoms with Crippen LogP contribution in [0, 0.1) is 6.92 Å². The summed E-state index contributed by atoms with van der Waals surface area (Å²) in [6, 6.07) is 3.87. The first-order valence-corrected chi connectivity index (χ1v) is 7.03. The summed E-state index contributed by atoms with van der Waals surface area (Å²) in [6.07, 6.45) is 1.99. The van der Waals surface area contributed by atoms with Crippen molar-refractivity contribution < 1.29 is 5.11 Å². The Kier molecular flexibility index (Phi) is 4.03. The zero-order valence-electron chi connectivity index (χ0n) is 10.7. The van der Waals surface area contributed by atoms with E-state index in [-0.39, 0.29) is 17.9 Å². The maximum absolute atomic E-state index is 9.25. The molecule has 18 heavy (non-hydrogen) atoms. The number of aliphatic hydroxyl groups excluding tert-OH is 1. The van der Waals surface area contributed by atoms with Gasteiger partial charge in [0.2, 0.25) is 0 Å². The first-order chi connectivity index (χ1) is 8.65. The largest absolute Gasteiger partial charge is 0.395 e. The summed E-state index contributed by atoms with van der Waals surface area (Å²) in [5.41, 5.74) is 0.731. The van der Waals surface area contributed by atoms with Crippen molar-refractivity contribution in [1.29, 1.82) is 0 Å². The van der Waals surface area contributed by atoms with Crippen LogP contribution in [-0.2, 0) is 0 Å². The smallest absolute Gasteiger partial charge is 0.178 e. The number of aliphatic hydroxyl groups is 1. The van der Waals surface area contributed by atoms with Crippen LogP contribution in [0.3, 0.4) is 0 Å². The van der Waals surface area contributed by atoms with Gasteiger partial charge in [0.15, 0.2) is 11.5 Å². The summed E-state index contributed by atoms with van der Waals surface area (Å²) in [4.78, 5) is 0. The zero-order chi connectivity index (χ0) is 13.1. The van der Waals surface area contributed by atoms with E-state index < -0.39 is 0 Å². The van der Waals surface area contributed by atoms with Crippen LogP contribution < -0.4 is 5.32 Å². The van der Waals surface area contributed by atoms with Gasteiger partial charge in [0.05, 0.1) is 6.61 Å². The number of fused-ring (bicyclic) bond motifs is 1. The van der Waals surface area contributed by atoms with E-state index in [1.807, 2.05) is 32.2 Å². The zero-order valence-corrected chi connectivity index (χ0v) is 11.5. The van der Waals surface area contributed by atoms with E-state index >= 15 is 0 Å². The third-order valence-electron chi connectivity index (χ3n) is 2.83. The van der Waals surface area contributed by atoms with Crippen LogP contribution in [0.4, 0.5) is 5.82 Å². The topological polar surface area (TPSA) is 75.3 Å². The summed E-state index contributed by atoms with van der Waals surface area (Å²) < 4.78 is 1.70. The van der Waals surface area contributed by atoms with Crippen molar-refractivity contribution >= 4 is 23.2 Å². The molecule has 6 nitrogen and oxygen atoms in total. The minimum absolute atomic E-state index is 0.131. The maximum Gasteiger partial charge on any atom is 0.178 e. The molecule has 2 atom stereocenters. The van der Waals surface area contributed by atoms with Gasteiger partial charge in [0.25, 0.3) is 0 Å². The lowest BCUT2D eigenvalue weighted by molar-refractivity contribution is 0.288. The molecule has 0 aromatic carbocycles. The predicted molar refractivity (Wildman–Crippen MR) is 73.0 cm³/mol. The molecule has 98 valence electrons. The van der Waals surface area contributed by atoms with Gasteiger partial charge in [-0.3, -0.25) is 0 Å². The van der Waals surface area contributed by atoms with E-state index in [0.717, 1.165) is 17.3 Å². The van der Waals surface area contributed by atoms with Gasteiger partial charge in [-0.25, -0.2) is 0 Å². The molecule has 0 aliphatic rings. The highest BCUT2D eigenvalue weighted by atomic mass is 32.2. The average Bonchev–Trinajstić information content (AvgIpc) is 2.73. The van der Waals surface area contributed by atoms with Gasteiger partial charge in [-0.2, -0.15) is 16.3 Å². The second kappa shape index (κ2) is 5.53. The van der Waals surface area contributed by atoms with E-state index in [9.17, 15) is 5.11 Å². The Bertz CT molecular complexity index is 525. The second-order valence-corrected chi connectivity index (χ2v) is 5.20. The second-order valence-electron chi connectivity index (χ2n) is 4.13. The van der Waals surface area contributed by atoms with Crippen LogP contribution in [0.15, 0.2) is 12.1 Å². The lowest BCUT2D eigenvalue weighted by atomic mass is 10.2. The number of rotatable bonds is 5. The number of hydrogen-bond acceptors (Lipinski definition) is 6. The Morgan fingerprint density at radius 2 is 2.22 bits per heavy atom. The number of aryl methyl sites for hydroxylation is 1. The molecular weight excluding hydrogens is 250 g/mol. The molecular formula is C11H17N5OS. The van der Waals surface area contributed by atoms with Crippen molar-refractivity contribution in [2.24, 2.45) is 0 Å². The predicted octanol–water partition coefficient (Wildman–Crippen LogP) is 0.957. The van der Waals surface area contributed by atoms with Gasteiger partial charge in [-0.15, -0.1) is 15.3 Å². The SMILES string of the molecule is CSC(CO)C(C)Nc1ccc2nnc(C)n2n1. The fourth-order valence-electron chi connectivity index (χ4n) is 1.74. The number of hydrogen-bond donors (Lipinski definition) is 2. The molecule has 0 aliphatic heterocycles. The third-order valence-corrected chi connectivity index (χ3v) is 4.00. The van der Waals surface area contributed by atoms with Gasteiger partial charge in [-0.05, 0) is 32.2 Å². The van der Waals surface area contributed by atoms with E-state index in [0.29, 0.717) is 0 Å². The minimum Gasteiger partial charge on any atom is -0.395 e. The third kappa shape index (κ3) is 2.56. The monoisotopic (exact) mass is 267 g/mol. The Morgan fingerprint density at radius 1 is 1.44 bits per heavy atom. The standard InChI is InChI=1S/C11H17N5OS/c1-7(9(6-17)18-3)12-10-4-5-11-14-13-8(2)16(11)15-10/h4-5,7,9,17H,6H2,1-3H3,(H,12,15). The molecule has 2 aromatic rings. The molecule has 0 saturated heterocycles. The highest BCUT2D eigenvalue weighted by molar-refractivity contribution is 7.99. The van der Waals surface area contributed by atoms with Crippen LogP contribution in [-0.4, -0.2) is 49.1 Å². The quantitative estimate of drug-likeness (QED) is 0.840. The van der Waals surface area contributed by atoms with Crippen molar-refractivity contribution in [3.63, 3.8) is 0 Å². The van der Waals surface area contributed by atoms with Gasteiger partial charge in [-0.1, -0.05) is 0 Å². The van der Waals surface area contributed by atoms with E-state index in [2.05, 4.69) is 20.6 Å². The van der Waals surface area contributed by atoms with Crippen LogP contribution in [0.1, 0.15) is 12.7 Å². The normalized spacial score (nSPS) is 14.7. The molecule has 0 bridgehead atoms.